The van der Waals surface area contributed by atoms with E-state index >= 15 is 0 Å². The van der Waals surface area contributed by atoms with Gasteiger partial charge in [0.15, 0.2) is 0 Å². The Morgan fingerprint density at radius 1 is 0.448 bits per heavy atom. The summed E-state index contributed by atoms with van der Waals surface area (Å²) in [5.41, 5.74) is 7.32. The van der Waals surface area contributed by atoms with Crippen molar-refractivity contribution < 1.29 is 4.79 Å². The molecule has 0 aliphatic heterocycles. The van der Waals surface area contributed by atoms with E-state index in [0.717, 1.165) is 38.5 Å². The highest BCUT2D eigenvalue weighted by Gasteiger charge is 1.95. The van der Waals surface area contributed by atoms with Crippen LogP contribution in [-0.2, 0) is 4.79 Å². The Bertz CT molecular complexity index is 619. The molecule has 1 nitrogen and oxygen atoms in total. The van der Waals surface area contributed by atoms with E-state index in [0.29, 0.717) is 6.42 Å². The predicted molar refractivity (Wildman–Crippen MR) is 131 cm³/mol. The molecule has 1 heteroatoms. The summed E-state index contributed by atoms with van der Waals surface area (Å²) >= 11 is 0. The van der Waals surface area contributed by atoms with Gasteiger partial charge in [-0.05, 0) is 106 Å². The maximum absolute atomic E-state index is 11.0. The van der Waals surface area contributed by atoms with E-state index in [2.05, 4.69) is 71.9 Å². The molecule has 0 saturated heterocycles. The number of hydrogen-bond acceptors (Lipinski definition) is 1. The van der Waals surface area contributed by atoms with Crippen LogP contribution in [0, 0.1) is 0 Å². The molecule has 0 amide bonds. The molecule has 0 aromatic rings. The molecular weight excluding hydrogens is 352 g/mol. The number of carbonyl (C=O) groups excluding carboxylic acids is 1. The first kappa shape index (κ1) is 27.4. The number of allylic oxidation sites excluding steroid dienone is 10. The Labute approximate surface area is 181 Å². The van der Waals surface area contributed by atoms with Crippen LogP contribution < -0.4 is 0 Å². The molecule has 0 atom stereocenters. The maximum atomic E-state index is 11.0. The second kappa shape index (κ2) is 17.2. The standard InChI is InChI=1S/C28H46O/c1-23(2)13-8-14-24(3)15-9-16-25(4)17-10-18-26(5)19-11-20-27(6)21-12-22-28(7)29/h13,15,17,19,21H,8-12,14,16,18,20,22H2,1-7H3/b24-15+,25-17+,26-19+,27-21+. The normalized spacial score (nSPS) is 13.6. The minimum atomic E-state index is 0.277. The lowest BCUT2D eigenvalue weighted by Crippen LogP contribution is -1.87. The van der Waals surface area contributed by atoms with Crippen LogP contribution >= 0.6 is 0 Å². The van der Waals surface area contributed by atoms with Gasteiger partial charge in [0.05, 0.1) is 0 Å². The molecule has 0 aromatic carbocycles. The fraction of sp³-hybridized carbons (Fsp3) is 0.607. The lowest BCUT2D eigenvalue weighted by molar-refractivity contribution is -0.116. The first-order valence-electron chi connectivity index (χ1n) is 11.5. The van der Waals surface area contributed by atoms with Gasteiger partial charge in [-0.1, -0.05) is 58.2 Å². The minimum absolute atomic E-state index is 0.277. The summed E-state index contributed by atoms with van der Waals surface area (Å²) in [6.45, 7) is 14.9. The first-order chi connectivity index (χ1) is 13.7. The van der Waals surface area contributed by atoms with Crippen LogP contribution in [0.3, 0.4) is 0 Å². The zero-order valence-corrected chi connectivity index (χ0v) is 20.4. The van der Waals surface area contributed by atoms with Crippen molar-refractivity contribution >= 4 is 5.78 Å². The monoisotopic (exact) mass is 398 g/mol. The largest absolute Gasteiger partial charge is 0.300 e. The number of carbonyl (C=O) groups is 1. The van der Waals surface area contributed by atoms with Crippen molar-refractivity contribution in [3.8, 4) is 0 Å². The van der Waals surface area contributed by atoms with Crippen molar-refractivity contribution in [1.82, 2.24) is 0 Å². The number of ketones is 1. The molecule has 0 saturated carbocycles. The molecule has 0 radical (unpaired) electrons. The van der Waals surface area contributed by atoms with E-state index < -0.39 is 0 Å². The van der Waals surface area contributed by atoms with Crippen LogP contribution in [0.25, 0.3) is 0 Å². The zero-order chi connectivity index (χ0) is 22.1. The summed E-state index contributed by atoms with van der Waals surface area (Å²) < 4.78 is 0. The Hall–Kier alpha value is -1.63. The van der Waals surface area contributed by atoms with E-state index in [1.807, 2.05) is 0 Å². The van der Waals surface area contributed by atoms with Gasteiger partial charge in [-0.25, -0.2) is 0 Å². The SMILES string of the molecule is CC(=O)CC/C=C(\C)CC/C=C(\C)CC/C=C(\C)CC/C=C(\C)CCC=C(C)C. The van der Waals surface area contributed by atoms with Gasteiger partial charge in [0, 0.05) is 6.42 Å². The van der Waals surface area contributed by atoms with Crippen molar-refractivity contribution in [3.63, 3.8) is 0 Å². The fourth-order valence-corrected chi connectivity index (χ4v) is 3.16. The Morgan fingerprint density at radius 3 is 1.00 bits per heavy atom. The van der Waals surface area contributed by atoms with Crippen LogP contribution in [0.4, 0.5) is 0 Å². The number of Topliss-reactive ketones (excluding diaryl/α,β-unsaturated/α-hetero) is 1. The number of rotatable bonds is 15. The molecular formula is C28H46O. The molecule has 0 rings (SSSR count). The van der Waals surface area contributed by atoms with E-state index in [-0.39, 0.29) is 5.78 Å². The molecule has 0 aliphatic carbocycles. The van der Waals surface area contributed by atoms with Gasteiger partial charge in [-0.15, -0.1) is 0 Å². The van der Waals surface area contributed by atoms with Crippen molar-refractivity contribution in [3.05, 3.63) is 58.2 Å². The molecule has 164 valence electrons. The highest BCUT2D eigenvalue weighted by Crippen LogP contribution is 2.15. The molecule has 0 heterocycles. The molecule has 0 aromatic heterocycles. The van der Waals surface area contributed by atoms with E-state index in [4.69, 9.17) is 0 Å². The van der Waals surface area contributed by atoms with Crippen molar-refractivity contribution in [2.45, 2.75) is 113 Å². The average molecular weight is 399 g/mol. The van der Waals surface area contributed by atoms with Gasteiger partial charge in [0.2, 0.25) is 0 Å². The zero-order valence-electron chi connectivity index (χ0n) is 20.4. The summed E-state index contributed by atoms with van der Waals surface area (Å²) in [4.78, 5) is 11.0. The first-order valence-corrected chi connectivity index (χ1v) is 11.5. The van der Waals surface area contributed by atoms with Crippen LogP contribution in [0.1, 0.15) is 113 Å². The van der Waals surface area contributed by atoms with Gasteiger partial charge in [0.25, 0.3) is 0 Å². The second-order valence-corrected chi connectivity index (χ2v) is 8.88. The molecule has 0 bridgehead atoms. The Balaban J connectivity index is 4.06. The topological polar surface area (TPSA) is 17.1 Å². The summed E-state index contributed by atoms with van der Waals surface area (Å²) in [6.07, 6.45) is 22.5. The van der Waals surface area contributed by atoms with Crippen LogP contribution in [0.5, 0.6) is 0 Å². The summed E-state index contributed by atoms with van der Waals surface area (Å²) in [5.74, 6) is 0.277. The van der Waals surface area contributed by atoms with Crippen LogP contribution in [0.2, 0.25) is 0 Å². The third kappa shape index (κ3) is 19.5. The molecule has 29 heavy (non-hydrogen) atoms. The minimum Gasteiger partial charge on any atom is -0.300 e. The van der Waals surface area contributed by atoms with Gasteiger partial charge in [-0.2, -0.15) is 0 Å². The third-order valence-electron chi connectivity index (χ3n) is 5.17. The van der Waals surface area contributed by atoms with E-state index in [9.17, 15) is 4.79 Å². The Morgan fingerprint density at radius 2 is 0.724 bits per heavy atom. The quantitative estimate of drug-likeness (QED) is 0.251. The maximum Gasteiger partial charge on any atom is 0.130 e. The second-order valence-electron chi connectivity index (χ2n) is 8.88. The molecule has 0 spiro atoms. The van der Waals surface area contributed by atoms with Gasteiger partial charge in [0.1, 0.15) is 5.78 Å². The van der Waals surface area contributed by atoms with E-state index in [1.165, 1.54) is 47.1 Å². The van der Waals surface area contributed by atoms with Crippen LogP contribution in [-0.4, -0.2) is 5.78 Å². The third-order valence-corrected chi connectivity index (χ3v) is 5.17. The van der Waals surface area contributed by atoms with Gasteiger partial charge < -0.3 is 4.79 Å². The summed E-state index contributed by atoms with van der Waals surface area (Å²) in [7, 11) is 0. The smallest absolute Gasteiger partial charge is 0.130 e. The predicted octanol–water partition coefficient (Wildman–Crippen LogP) is 9.23. The highest BCUT2D eigenvalue weighted by atomic mass is 16.1. The lowest BCUT2D eigenvalue weighted by atomic mass is 10.0. The Kier molecular flexibility index (Phi) is 16.3. The molecule has 0 fully saturated rings. The fourth-order valence-electron chi connectivity index (χ4n) is 3.16. The van der Waals surface area contributed by atoms with E-state index in [1.54, 1.807) is 6.92 Å². The molecule has 0 unspecified atom stereocenters. The molecule has 0 aliphatic rings. The van der Waals surface area contributed by atoms with Crippen LogP contribution in [0.15, 0.2) is 58.2 Å². The molecule has 0 N–H and O–H groups in total. The highest BCUT2D eigenvalue weighted by molar-refractivity contribution is 5.75. The van der Waals surface area contributed by atoms with Crippen molar-refractivity contribution in [1.29, 1.82) is 0 Å². The van der Waals surface area contributed by atoms with Crippen molar-refractivity contribution in [2.75, 3.05) is 0 Å². The lowest BCUT2D eigenvalue weighted by Gasteiger charge is -2.03. The number of hydrogen-bond donors (Lipinski definition) is 0. The van der Waals surface area contributed by atoms with Crippen molar-refractivity contribution in [2.24, 2.45) is 0 Å². The summed E-state index contributed by atoms with van der Waals surface area (Å²) in [6, 6.07) is 0. The average Bonchev–Trinajstić information content (AvgIpc) is 2.61. The van der Waals surface area contributed by atoms with Gasteiger partial charge in [-0.3, -0.25) is 0 Å². The summed E-state index contributed by atoms with van der Waals surface area (Å²) in [5, 5.41) is 0. The van der Waals surface area contributed by atoms with Gasteiger partial charge >= 0.3 is 0 Å².